The average molecular weight is 352 g/mol. The van der Waals surface area contributed by atoms with Crippen LogP contribution < -0.4 is 16.0 Å². The molecule has 0 saturated carbocycles. The van der Waals surface area contributed by atoms with E-state index >= 15 is 0 Å². The van der Waals surface area contributed by atoms with Crippen molar-refractivity contribution in [2.45, 2.75) is 6.92 Å². The zero-order chi connectivity index (χ0) is 18.7. The largest absolute Gasteiger partial charge is 0.490 e. The van der Waals surface area contributed by atoms with Crippen molar-refractivity contribution in [3.05, 3.63) is 65.2 Å². The van der Waals surface area contributed by atoms with E-state index < -0.39 is 11.9 Å². The minimum atomic E-state index is -1.04. The monoisotopic (exact) mass is 352 g/mol. The topological polar surface area (TPSA) is 115 Å². The Morgan fingerprint density at radius 1 is 1.19 bits per heavy atom. The first kappa shape index (κ1) is 17.2. The summed E-state index contributed by atoms with van der Waals surface area (Å²) < 4.78 is 11.4. The number of primary amides is 1. The molecule has 1 heterocycles. The van der Waals surface area contributed by atoms with E-state index in [9.17, 15) is 9.59 Å². The molecule has 3 aromatic rings. The van der Waals surface area contributed by atoms with Gasteiger partial charge in [0.1, 0.15) is 5.56 Å². The Morgan fingerprint density at radius 3 is 2.54 bits per heavy atom. The number of para-hydroxylation sites is 1. The summed E-state index contributed by atoms with van der Waals surface area (Å²) in [6.45, 7) is 2.31. The van der Waals surface area contributed by atoms with Gasteiger partial charge in [0, 0.05) is 5.39 Å². The number of carboxylic acid groups (broad SMARTS) is 1. The molecule has 0 unspecified atom stereocenters. The number of aromatic carboxylic acids is 1. The molecule has 1 aromatic heterocycles. The van der Waals surface area contributed by atoms with Gasteiger partial charge in [0.15, 0.2) is 11.3 Å². The fraction of sp³-hybridized carbons (Fsp3) is 0.105. The number of amides is 1. The van der Waals surface area contributed by atoms with Gasteiger partial charge >= 0.3 is 5.97 Å². The fourth-order valence-electron chi connectivity index (χ4n) is 2.45. The smallest absolute Gasteiger partial charge is 0.335 e. The van der Waals surface area contributed by atoms with Gasteiger partial charge in [-0.05, 0) is 43.3 Å². The lowest BCUT2D eigenvalue weighted by Gasteiger charge is -2.07. The second-order valence-electron chi connectivity index (χ2n) is 5.40. The van der Waals surface area contributed by atoms with Gasteiger partial charge in [-0.1, -0.05) is 12.1 Å². The number of nitrogens with zero attached hydrogens (tertiary/aromatic N) is 1. The molecule has 3 N–H and O–H groups in total. The summed E-state index contributed by atoms with van der Waals surface area (Å²) in [5.74, 6) is -1.19. The molecule has 3 rings (SSSR count). The standard InChI is InChI=1S/C19H16N2O5/c1-2-25-15-5-3-4-12-10-14(17(20)22)18(26-16(12)15)21-13-8-6-11(7-9-13)19(23)24/h3-10H,2H2,1H3,(H2,20,22)(H,23,24). The van der Waals surface area contributed by atoms with Crippen LogP contribution in [-0.4, -0.2) is 23.6 Å². The molecule has 0 atom stereocenters. The maximum atomic E-state index is 11.8. The van der Waals surface area contributed by atoms with Gasteiger partial charge in [-0.2, -0.15) is 0 Å². The van der Waals surface area contributed by atoms with Gasteiger partial charge in [0.05, 0.1) is 17.9 Å². The number of ether oxygens (including phenoxy) is 1. The van der Waals surface area contributed by atoms with Crippen molar-refractivity contribution in [2.24, 2.45) is 10.7 Å². The Bertz CT molecular complexity index is 1050. The quantitative estimate of drug-likeness (QED) is 0.732. The van der Waals surface area contributed by atoms with Crippen molar-refractivity contribution in [3.8, 4) is 5.75 Å². The second kappa shape index (κ2) is 7.10. The lowest BCUT2D eigenvalue weighted by atomic mass is 10.1. The van der Waals surface area contributed by atoms with Crippen LogP contribution in [0, 0.1) is 0 Å². The Balaban J connectivity index is 2.21. The van der Waals surface area contributed by atoms with E-state index in [1.165, 1.54) is 24.3 Å². The molecule has 0 bridgehead atoms. The molecule has 1 amide bonds. The number of fused-ring (bicyclic) bond motifs is 1. The van der Waals surface area contributed by atoms with E-state index in [0.717, 1.165) is 0 Å². The van der Waals surface area contributed by atoms with Gasteiger partial charge in [-0.25, -0.2) is 9.79 Å². The van der Waals surface area contributed by atoms with Gasteiger partial charge < -0.3 is 20.0 Å². The van der Waals surface area contributed by atoms with E-state index in [4.69, 9.17) is 20.0 Å². The molecule has 0 fully saturated rings. The number of nitrogens with two attached hydrogens (primary N) is 1. The molecule has 0 aliphatic heterocycles. The van der Waals surface area contributed by atoms with Crippen LogP contribution in [0.3, 0.4) is 0 Å². The zero-order valence-corrected chi connectivity index (χ0v) is 13.9. The summed E-state index contributed by atoms with van der Waals surface area (Å²) >= 11 is 0. The van der Waals surface area contributed by atoms with Crippen molar-refractivity contribution in [1.29, 1.82) is 0 Å². The lowest BCUT2D eigenvalue weighted by molar-refractivity contribution is 0.0696. The summed E-state index contributed by atoms with van der Waals surface area (Å²) in [6, 6.07) is 12.8. The first-order valence-corrected chi connectivity index (χ1v) is 7.87. The Kier molecular flexibility index (Phi) is 4.70. The van der Waals surface area contributed by atoms with Crippen molar-refractivity contribution in [2.75, 3.05) is 6.61 Å². The minimum absolute atomic E-state index is 0.0280. The maximum Gasteiger partial charge on any atom is 0.335 e. The molecule has 0 spiro atoms. The van der Waals surface area contributed by atoms with Crippen LogP contribution in [0.4, 0.5) is 5.69 Å². The van der Waals surface area contributed by atoms with E-state index in [0.29, 0.717) is 29.0 Å². The molecular formula is C19H16N2O5. The van der Waals surface area contributed by atoms with E-state index in [1.54, 1.807) is 24.3 Å². The first-order valence-electron chi connectivity index (χ1n) is 7.87. The van der Waals surface area contributed by atoms with Crippen LogP contribution in [0.2, 0.25) is 0 Å². The molecule has 26 heavy (non-hydrogen) atoms. The average Bonchev–Trinajstić information content (AvgIpc) is 2.62. The van der Waals surface area contributed by atoms with Crippen molar-refractivity contribution < 1.29 is 23.8 Å². The molecule has 7 nitrogen and oxygen atoms in total. The number of carboxylic acids is 1. The van der Waals surface area contributed by atoms with Crippen LogP contribution in [0.15, 0.2) is 57.9 Å². The van der Waals surface area contributed by atoms with Crippen molar-refractivity contribution in [3.63, 3.8) is 0 Å². The molecule has 132 valence electrons. The number of carbonyl (C=O) groups excluding carboxylic acids is 1. The normalized spacial score (nSPS) is 11.5. The third-order valence-electron chi connectivity index (χ3n) is 3.65. The molecule has 0 saturated heterocycles. The molecular weight excluding hydrogens is 336 g/mol. The van der Waals surface area contributed by atoms with Crippen LogP contribution >= 0.6 is 0 Å². The molecule has 0 aliphatic carbocycles. The summed E-state index contributed by atoms with van der Waals surface area (Å²) in [7, 11) is 0. The summed E-state index contributed by atoms with van der Waals surface area (Å²) in [6.07, 6.45) is 0. The number of carbonyl (C=O) groups is 2. The van der Waals surface area contributed by atoms with Gasteiger partial charge in [0.2, 0.25) is 5.55 Å². The number of hydrogen-bond donors (Lipinski definition) is 2. The van der Waals surface area contributed by atoms with E-state index in [2.05, 4.69) is 4.99 Å². The molecule has 0 radical (unpaired) electrons. The maximum absolute atomic E-state index is 11.8. The number of benzene rings is 2. The van der Waals surface area contributed by atoms with E-state index in [-0.39, 0.29) is 16.7 Å². The highest BCUT2D eigenvalue weighted by molar-refractivity contribution is 5.96. The highest BCUT2D eigenvalue weighted by atomic mass is 16.5. The third-order valence-corrected chi connectivity index (χ3v) is 3.65. The van der Waals surface area contributed by atoms with Gasteiger partial charge in [0.25, 0.3) is 5.91 Å². The Hall–Kier alpha value is -3.61. The summed E-state index contributed by atoms with van der Waals surface area (Å²) in [5.41, 5.74) is 6.60. The number of hydrogen-bond acceptors (Lipinski definition) is 5. The fourth-order valence-corrected chi connectivity index (χ4v) is 2.45. The molecule has 7 heteroatoms. The lowest BCUT2D eigenvalue weighted by Crippen LogP contribution is -2.21. The highest BCUT2D eigenvalue weighted by Gasteiger charge is 2.12. The van der Waals surface area contributed by atoms with Crippen molar-refractivity contribution in [1.82, 2.24) is 0 Å². The van der Waals surface area contributed by atoms with Crippen LogP contribution in [0.25, 0.3) is 11.0 Å². The molecule has 0 aliphatic rings. The van der Waals surface area contributed by atoms with Crippen molar-refractivity contribution >= 4 is 28.5 Å². The zero-order valence-electron chi connectivity index (χ0n) is 13.9. The summed E-state index contributed by atoms with van der Waals surface area (Å²) in [4.78, 5) is 27.0. The molecule has 2 aromatic carbocycles. The first-order chi connectivity index (χ1) is 12.5. The predicted molar refractivity (Wildman–Crippen MR) is 94.5 cm³/mol. The van der Waals surface area contributed by atoms with Gasteiger partial charge in [-0.15, -0.1) is 0 Å². The minimum Gasteiger partial charge on any atom is -0.490 e. The SMILES string of the molecule is CCOc1cccc2cc(C(N)=O)c(=Nc3ccc(C(=O)O)cc3)oc12. The number of rotatable bonds is 5. The van der Waals surface area contributed by atoms with Crippen LogP contribution in [0.1, 0.15) is 27.6 Å². The third kappa shape index (κ3) is 3.41. The Labute approximate surface area is 148 Å². The predicted octanol–water partition coefficient (Wildman–Crippen LogP) is 2.86. The van der Waals surface area contributed by atoms with Gasteiger partial charge in [-0.3, -0.25) is 4.79 Å². The van der Waals surface area contributed by atoms with Crippen LogP contribution in [0.5, 0.6) is 5.75 Å². The van der Waals surface area contributed by atoms with E-state index in [1.807, 2.05) is 6.92 Å². The highest BCUT2D eigenvalue weighted by Crippen LogP contribution is 2.25. The second-order valence-corrected chi connectivity index (χ2v) is 5.40. The Morgan fingerprint density at radius 2 is 1.92 bits per heavy atom. The van der Waals surface area contributed by atoms with Crippen LogP contribution in [-0.2, 0) is 0 Å². The summed E-state index contributed by atoms with van der Waals surface area (Å²) in [5, 5.41) is 9.61.